The van der Waals surface area contributed by atoms with Crippen LogP contribution in [0.15, 0.2) is 0 Å². The zero-order valence-corrected chi connectivity index (χ0v) is 8.62. The minimum absolute atomic E-state index is 0. The summed E-state index contributed by atoms with van der Waals surface area (Å²) >= 11 is 0. The minimum Gasteiger partial charge on any atom is -2.00 e. The maximum absolute atomic E-state index is 0. The van der Waals surface area contributed by atoms with Crippen molar-refractivity contribution in [1.82, 2.24) is 0 Å². The Labute approximate surface area is 90.6 Å². The SMILES string of the molecule is [Mo+6].[Ni+2].[S-2].[S-2].[S-2].[S-2]. The van der Waals surface area contributed by atoms with Crippen molar-refractivity contribution < 1.29 is 37.6 Å². The molecule has 0 heterocycles. The molecule has 0 spiro atoms. The van der Waals surface area contributed by atoms with Crippen LogP contribution in [0.4, 0.5) is 0 Å². The molecule has 0 rings (SSSR count). The molecule has 0 aliphatic heterocycles. The standard InChI is InChI=1S/Mo.Ni.4S/q+6;+2;4*-2. The maximum atomic E-state index is 0. The van der Waals surface area contributed by atoms with Crippen LogP contribution in [0.1, 0.15) is 0 Å². The molecular formula is MoNiS4. The number of hydrogen-bond donors (Lipinski definition) is 0. The van der Waals surface area contributed by atoms with Gasteiger partial charge in [-0.3, -0.25) is 0 Å². The van der Waals surface area contributed by atoms with Crippen molar-refractivity contribution in [3.8, 4) is 0 Å². The first-order chi connectivity index (χ1) is 0. The van der Waals surface area contributed by atoms with E-state index in [9.17, 15) is 0 Å². The second-order valence-electron chi connectivity index (χ2n) is 0. The van der Waals surface area contributed by atoms with Crippen molar-refractivity contribution in [1.29, 1.82) is 0 Å². The molecular weight excluding hydrogens is 283 g/mol. The summed E-state index contributed by atoms with van der Waals surface area (Å²) in [7, 11) is 0. The van der Waals surface area contributed by atoms with E-state index >= 15 is 0 Å². The van der Waals surface area contributed by atoms with Gasteiger partial charge in [0.25, 0.3) is 0 Å². The van der Waals surface area contributed by atoms with Crippen molar-refractivity contribution in [3.05, 3.63) is 0 Å². The van der Waals surface area contributed by atoms with Gasteiger partial charge in [0.05, 0.1) is 0 Å². The fourth-order valence-electron chi connectivity index (χ4n) is 0. The average Bonchev–Trinajstić information content (AvgIpc) is 0. The Hall–Kier alpha value is 2.58. The van der Waals surface area contributed by atoms with E-state index in [-0.39, 0.29) is 91.5 Å². The van der Waals surface area contributed by atoms with Crippen LogP contribution in [0.5, 0.6) is 0 Å². The van der Waals surface area contributed by atoms with Crippen LogP contribution < -0.4 is 0 Å². The van der Waals surface area contributed by atoms with Crippen LogP contribution in [0.3, 0.4) is 0 Å². The van der Waals surface area contributed by atoms with E-state index in [2.05, 4.69) is 0 Å². The van der Waals surface area contributed by atoms with E-state index in [0.29, 0.717) is 0 Å². The van der Waals surface area contributed by atoms with Gasteiger partial charge in [-0.1, -0.05) is 0 Å². The Morgan fingerprint density at radius 3 is 0.500 bits per heavy atom. The Morgan fingerprint density at radius 1 is 0.500 bits per heavy atom. The Morgan fingerprint density at radius 2 is 0.500 bits per heavy atom. The van der Waals surface area contributed by atoms with Gasteiger partial charge in [0.15, 0.2) is 0 Å². The molecule has 0 amide bonds. The largest absolute Gasteiger partial charge is 6.00 e. The summed E-state index contributed by atoms with van der Waals surface area (Å²) in [5, 5.41) is 0. The van der Waals surface area contributed by atoms with Gasteiger partial charge in [-0.15, -0.1) is 0 Å². The molecule has 0 radical (unpaired) electrons. The van der Waals surface area contributed by atoms with Crippen molar-refractivity contribution in [2.24, 2.45) is 0 Å². The van der Waals surface area contributed by atoms with Gasteiger partial charge in [-0.05, 0) is 0 Å². The molecule has 0 aromatic rings. The molecule has 0 saturated heterocycles. The topological polar surface area (TPSA) is 0 Å². The molecule has 40 valence electrons. The van der Waals surface area contributed by atoms with Crippen molar-refractivity contribution in [2.75, 3.05) is 0 Å². The molecule has 0 N–H and O–H groups in total. The second kappa shape index (κ2) is 49.3. The Kier molecular flexibility index (Phi) is 608. The third-order valence-corrected chi connectivity index (χ3v) is 0. The molecule has 0 aliphatic rings. The monoisotopic (exact) mass is 284 g/mol. The van der Waals surface area contributed by atoms with Gasteiger partial charge in [-0.2, -0.15) is 0 Å². The van der Waals surface area contributed by atoms with Gasteiger partial charge in [0.1, 0.15) is 0 Å². The van der Waals surface area contributed by atoms with E-state index < -0.39 is 0 Å². The summed E-state index contributed by atoms with van der Waals surface area (Å²) in [6.07, 6.45) is 0. The summed E-state index contributed by atoms with van der Waals surface area (Å²) in [5.74, 6) is 0. The first-order valence-electron chi connectivity index (χ1n) is 0. The normalized spacial score (nSPS) is 0. The van der Waals surface area contributed by atoms with Crippen LogP contribution in [-0.4, -0.2) is 0 Å². The molecule has 0 atom stereocenters. The fourth-order valence-corrected chi connectivity index (χ4v) is 0. The quantitative estimate of drug-likeness (QED) is 0.548. The van der Waals surface area contributed by atoms with Gasteiger partial charge >= 0.3 is 37.6 Å². The van der Waals surface area contributed by atoms with Crippen molar-refractivity contribution >= 4 is 54.0 Å². The van der Waals surface area contributed by atoms with Gasteiger partial charge < -0.3 is 54.0 Å². The molecule has 0 bridgehead atoms. The van der Waals surface area contributed by atoms with Crippen molar-refractivity contribution in [3.63, 3.8) is 0 Å². The maximum Gasteiger partial charge on any atom is 6.00 e. The molecule has 0 fully saturated rings. The van der Waals surface area contributed by atoms with Gasteiger partial charge in [0.2, 0.25) is 0 Å². The molecule has 0 unspecified atom stereocenters. The molecule has 6 heteroatoms. The van der Waals surface area contributed by atoms with E-state index in [4.69, 9.17) is 0 Å². The number of rotatable bonds is 0. The van der Waals surface area contributed by atoms with Gasteiger partial charge in [0, 0.05) is 0 Å². The summed E-state index contributed by atoms with van der Waals surface area (Å²) < 4.78 is 0. The Bertz CT molecular complexity index is 7.51. The molecule has 0 aromatic heterocycles. The van der Waals surface area contributed by atoms with E-state index in [1.54, 1.807) is 0 Å². The summed E-state index contributed by atoms with van der Waals surface area (Å²) in [6.45, 7) is 0. The third-order valence-electron chi connectivity index (χ3n) is 0. The third kappa shape index (κ3) is 30.8. The summed E-state index contributed by atoms with van der Waals surface area (Å²) in [5.41, 5.74) is 0. The van der Waals surface area contributed by atoms with Crippen LogP contribution in [-0.2, 0) is 91.5 Å². The van der Waals surface area contributed by atoms with E-state index in [1.165, 1.54) is 0 Å². The predicted octanol–water partition coefficient (Wildman–Crippen LogP) is -0.0146. The summed E-state index contributed by atoms with van der Waals surface area (Å²) in [6, 6.07) is 0. The van der Waals surface area contributed by atoms with Crippen LogP contribution in [0.25, 0.3) is 0 Å². The molecule has 6 heavy (non-hydrogen) atoms. The van der Waals surface area contributed by atoms with Crippen LogP contribution in [0, 0.1) is 0 Å². The molecule has 0 aliphatic carbocycles. The fraction of sp³-hybridized carbons (Fsp3) is 0. The number of hydrogen-bond acceptors (Lipinski definition) is 0. The zero-order valence-electron chi connectivity index (χ0n) is 2.36. The second-order valence-corrected chi connectivity index (χ2v) is 0. The van der Waals surface area contributed by atoms with E-state index in [1.807, 2.05) is 0 Å². The van der Waals surface area contributed by atoms with Crippen LogP contribution >= 0.6 is 0 Å². The average molecular weight is 283 g/mol. The minimum atomic E-state index is 0. The molecule has 0 aromatic carbocycles. The zero-order chi connectivity index (χ0) is 0. The first kappa shape index (κ1) is 74.0. The molecule has 0 nitrogen and oxygen atoms in total. The van der Waals surface area contributed by atoms with Crippen molar-refractivity contribution in [2.45, 2.75) is 0 Å². The first-order valence-corrected chi connectivity index (χ1v) is 0. The van der Waals surface area contributed by atoms with E-state index in [0.717, 1.165) is 0 Å². The van der Waals surface area contributed by atoms with Gasteiger partial charge in [-0.25, -0.2) is 0 Å². The predicted molar refractivity (Wildman–Crippen MR) is 29.5 cm³/mol. The van der Waals surface area contributed by atoms with Crippen LogP contribution in [0.2, 0.25) is 0 Å². The summed E-state index contributed by atoms with van der Waals surface area (Å²) in [4.78, 5) is 0. The Balaban J connectivity index is 0. The molecule has 0 saturated carbocycles. The smallest absolute Gasteiger partial charge is 2.00 e.